The maximum Gasteiger partial charge on any atom is 0.331 e. The summed E-state index contributed by atoms with van der Waals surface area (Å²) in [5, 5.41) is 3.41. The van der Waals surface area contributed by atoms with Crippen LogP contribution in [0.4, 0.5) is 20.6 Å². The lowest BCUT2D eigenvalue weighted by atomic mass is 9.93. The van der Waals surface area contributed by atoms with Crippen molar-refractivity contribution in [3.8, 4) is 11.5 Å². The maximum atomic E-state index is 14.5. The maximum absolute atomic E-state index is 14.5. The number of nitrogens with one attached hydrogen (secondary N) is 1. The van der Waals surface area contributed by atoms with E-state index in [0.29, 0.717) is 44.9 Å². The monoisotopic (exact) mass is 534 g/mol. The molecule has 3 aromatic carbocycles. The smallest absolute Gasteiger partial charge is 0.331 e. The van der Waals surface area contributed by atoms with Gasteiger partial charge in [-0.1, -0.05) is 35.9 Å². The van der Waals surface area contributed by atoms with Crippen LogP contribution >= 0.6 is 11.6 Å². The number of aliphatic imine (C=N–C) groups is 1. The minimum Gasteiger partial charge on any atom is -0.494 e. The van der Waals surface area contributed by atoms with Crippen molar-refractivity contribution in [3.05, 3.63) is 82.1 Å². The normalized spacial score (nSPS) is 19.7. The molecular formula is C28H24ClFN4O4. The Balaban J connectivity index is 1.63. The molecule has 10 heteroatoms. The van der Waals surface area contributed by atoms with Gasteiger partial charge in [0.05, 0.1) is 30.5 Å². The molecule has 2 atom stereocenters. The lowest BCUT2D eigenvalue weighted by Gasteiger charge is -2.42. The van der Waals surface area contributed by atoms with Crippen LogP contribution in [0.1, 0.15) is 42.6 Å². The Kier molecular flexibility index (Phi) is 5.75. The van der Waals surface area contributed by atoms with Gasteiger partial charge < -0.3 is 14.8 Å². The highest BCUT2D eigenvalue weighted by Gasteiger charge is 2.51. The van der Waals surface area contributed by atoms with Gasteiger partial charge >= 0.3 is 6.03 Å². The van der Waals surface area contributed by atoms with Crippen LogP contribution in [0.15, 0.2) is 59.6 Å². The lowest BCUT2D eigenvalue weighted by Crippen LogP contribution is -2.55. The molecule has 0 aromatic heterocycles. The van der Waals surface area contributed by atoms with E-state index in [4.69, 9.17) is 26.1 Å². The molecule has 0 unspecified atom stereocenters. The van der Waals surface area contributed by atoms with E-state index in [2.05, 4.69) is 5.32 Å². The molecular weight excluding hydrogens is 511 g/mol. The molecule has 3 aromatic rings. The summed E-state index contributed by atoms with van der Waals surface area (Å²) < 4.78 is 26.2. The second-order valence-corrected chi connectivity index (χ2v) is 10.0. The molecule has 0 radical (unpaired) electrons. The molecule has 0 aliphatic carbocycles. The number of methoxy groups -OCH3 is 1. The molecule has 8 nitrogen and oxygen atoms in total. The topological polar surface area (TPSA) is 83.5 Å². The number of amides is 3. The van der Waals surface area contributed by atoms with Crippen molar-refractivity contribution in [1.29, 1.82) is 0 Å². The van der Waals surface area contributed by atoms with Gasteiger partial charge in [-0.15, -0.1) is 0 Å². The van der Waals surface area contributed by atoms with Crippen LogP contribution in [-0.2, 0) is 4.79 Å². The van der Waals surface area contributed by atoms with Crippen molar-refractivity contribution in [1.82, 2.24) is 4.90 Å². The van der Waals surface area contributed by atoms with Gasteiger partial charge in [-0.2, -0.15) is 0 Å². The molecule has 0 spiro atoms. The Morgan fingerprint density at radius 2 is 1.84 bits per heavy atom. The predicted octanol–water partition coefficient (Wildman–Crippen LogP) is 5.71. The fourth-order valence-corrected chi connectivity index (χ4v) is 5.43. The average molecular weight is 535 g/mol. The molecule has 0 bridgehead atoms. The van der Waals surface area contributed by atoms with Gasteiger partial charge in [0.1, 0.15) is 41.4 Å². The van der Waals surface area contributed by atoms with Gasteiger partial charge in [0.2, 0.25) is 5.91 Å². The van der Waals surface area contributed by atoms with Gasteiger partial charge in [0.15, 0.2) is 0 Å². The van der Waals surface area contributed by atoms with E-state index in [1.165, 1.54) is 24.1 Å². The summed E-state index contributed by atoms with van der Waals surface area (Å²) in [6.45, 7) is 3.59. The SMILES string of the molecule is COc1cc(OC(C)C)c2c3c1NC(=O)CN3C(=O)N1C2=N[C@@H](c2ccc(Cl)cc2)[C@H]1c1cccc(F)c1. The molecule has 3 heterocycles. The molecule has 3 aliphatic rings. The van der Waals surface area contributed by atoms with Crippen LogP contribution < -0.4 is 19.7 Å². The number of halogens is 2. The van der Waals surface area contributed by atoms with Crippen molar-refractivity contribution in [2.75, 3.05) is 23.9 Å². The highest BCUT2D eigenvalue weighted by atomic mass is 35.5. The number of fused-ring (bicyclic) bond motifs is 2. The number of hydrogen-bond acceptors (Lipinski definition) is 5. The van der Waals surface area contributed by atoms with Crippen LogP contribution in [-0.4, -0.2) is 42.4 Å². The summed E-state index contributed by atoms with van der Waals surface area (Å²) in [5.74, 6) is 0.426. The van der Waals surface area contributed by atoms with Gasteiger partial charge in [0.25, 0.3) is 0 Å². The minimum absolute atomic E-state index is 0.195. The zero-order chi connectivity index (χ0) is 26.7. The molecule has 194 valence electrons. The zero-order valence-corrected chi connectivity index (χ0v) is 21.6. The van der Waals surface area contributed by atoms with Gasteiger partial charge in [-0.05, 0) is 49.2 Å². The second-order valence-electron chi connectivity index (χ2n) is 9.58. The molecule has 0 saturated heterocycles. The number of urea groups is 1. The summed E-state index contributed by atoms with van der Waals surface area (Å²) in [6.07, 6.45) is -0.195. The highest BCUT2D eigenvalue weighted by molar-refractivity contribution is 6.30. The third-order valence-electron chi connectivity index (χ3n) is 6.78. The van der Waals surface area contributed by atoms with Crippen molar-refractivity contribution < 1.29 is 23.5 Å². The summed E-state index contributed by atoms with van der Waals surface area (Å²) in [5.41, 5.74) is 2.78. The number of hydrogen-bond donors (Lipinski definition) is 1. The van der Waals surface area contributed by atoms with E-state index < -0.39 is 23.9 Å². The Morgan fingerprint density at radius 1 is 1.08 bits per heavy atom. The first-order valence-electron chi connectivity index (χ1n) is 12.2. The molecule has 3 amide bonds. The third-order valence-corrected chi connectivity index (χ3v) is 7.03. The van der Waals surface area contributed by atoms with E-state index in [1.807, 2.05) is 26.0 Å². The standard InChI is InChI=1S/C28H24ClFN4O4/c1-14(2)38-19-12-20(37-3)24-26-22(19)27-32-23(15-7-9-17(29)10-8-15)25(16-5-4-6-18(30)11-16)34(27)28(36)33(26)13-21(35)31-24/h4-12,14,23,25H,13H2,1-3H3,(H,31,35)/t23-,25+/m0/s1. The number of benzene rings is 3. The number of carbonyl (C=O) groups is 2. The first kappa shape index (κ1) is 24.2. The first-order valence-corrected chi connectivity index (χ1v) is 12.6. The Morgan fingerprint density at radius 3 is 2.53 bits per heavy atom. The van der Waals surface area contributed by atoms with Crippen molar-refractivity contribution >= 4 is 40.7 Å². The van der Waals surface area contributed by atoms with Crippen molar-refractivity contribution in [3.63, 3.8) is 0 Å². The number of amidine groups is 1. The Bertz CT molecular complexity index is 1510. The number of carbonyl (C=O) groups excluding carboxylic acids is 2. The molecule has 0 saturated carbocycles. The van der Waals surface area contributed by atoms with Crippen LogP contribution in [0.25, 0.3) is 0 Å². The Hall–Kier alpha value is -4.11. The second kappa shape index (κ2) is 9.02. The summed E-state index contributed by atoms with van der Waals surface area (Å²) in [6, 6.07) is 13.3. The van der Waals surface area contributed by atoms with E-state index in [0.717, 1.165) is 5.56 Å². The molecule has 38 heavy (non-hydrogen) atoms. The third kappa shape index (κ3) is 3.77. The van der Waals surface area contributed by atoms with Gasteiger partial charge in [-0.25, -0.2) is 9.18 Å². The van der Waals surface area contributed by atoms with Crippen LogP contribution in [0.5, 0.6) is 11.5 Å². The van der Waals surface area contributed by atoms with E-state index in [9.17, 15) is 14.0 Å². The number of rotatable bonds is 5. The zero-order valence-electron chi connectivity index (χ0n) is 20.9. The average Bonchev–Trinajstić information content (AvgIpc) is 3.28. The number of nitrogens with zero attached hydrogens (tertiary/aromatic N) is 3. The van der Waals surface area contributed by atoms with E-state index >= 15 is 0 Å². The summed E-state index contributed by atoms with van der Waals surface area (Å²) in [7, 11) is 1.49. The molecule has 3 aliphatic heterocycles. The number of ether oxygens (including phenoxy) is 2. The minimum atomic E-state index is -0.676. The summed E-state index contributed by atoms with van der Waals surface area (Å²) in [4.78, 5) is 34.9. The van der Waals surface area contributed by atoms with Crippen molar-refractivity contribution in [2.45, 2.75) is 32.0 Å². The van der Waals surface area contributed by atoms with Gasteiger partial charge in [0, 0.05) is 11.1 Å². The predicted molar refractivity (Wildman–Crippen MR) is 142 cm³/mol. The van der Waals surface area contributed by atoms with E-state index in [-0.39, 0.29) is 18.6 Å². The van der Waals surface area contributed by atoms with Crippen LogP contribution in [0.3, 0.4) is 0 Å². The lowest BCUT2D eigenvalue weighted by molar-refractivity contribution is -0.115. The van der Waals surface area contributed by atoms with Crippen LogP contribution in [0.2, 0.25) is 5.02 Å². The van der Waals surface area contributed by atoms with Crippen molar-refractivity contribution in [2.24, 2.45) is 4.99 Å². The fraction of sp³-hybridized carbons (Fsp3) is 0.250. The molecule has 1 N–H and O–H groups in total. The summed E-state index contributed by atoms with van der Waals surface area (Å²) >= 11 is 6.15. The fourth-order valence-electron chi connectivity index (χ4n) is 5.30. The quantitative estimate of drug-likeness (QED) is 0.454. The molecule has 6 rings (SSSR count). The first-order chi connectivity index (χ1) is 18.3. The number of anilines is 2. The van der Waals surface area contributed by atoms with Gasteiger partial charge in [-0.3, -0.25) is 19.6 Å². The Labute approximate surface area is 223 Å². The highest BCUT2D eigenvalue weighted by Crippen LogP contribution is 2.54. The molecule has 0 fully saturated rings. The van der Waals surface area contributed by atoms with E-state index in [1.54, 1.807) is 35.2 Å². The van der Waals surface area contributed by atoms with Crippen LogP contribution in [0, 0.1) is 5.82 Å². The largest absolute Gasteiger partial charge is 0.494 e.